The predicted molar refractivity (Wildman–Crippen MR) is 220 cm³/mol. The van der Waals surface area contributed by atoms with Gasteiger partial charge in [-0.1, -0.05) is 140 Å². The number of fused-ring (bicyclic) bond motifs is 6. The van der Waals surface area contributed by atoms with Gasteiger partial charge in [0.1, 0.15) is 11.2 Å². The molecule has 0 radical (unpaired) electrons. The minimum atomic E-state index is 0.865. The fourth-order valence-corrected chi connectivity index (χ4v) is 7.58. The van der Waals surface area contributed by atoms with Crippen LogP contribution >= 0.6 is 0 Å². The Balaban J connectivity index is 1.09. The van der Waals surface area contributed by atoms with Gasteiger partial charge < -0.3 is 9.32 Å². The van der Waals surface area contributed by atoms with Gasteiger partial charge in [0.05, 0.1) is 0 Å². The van der Waals surface area contributed by atoms with Crippen LogP contribution in [-0.4, -0.2) is 0 Å². The minimum absolute atomic E-state index is 0.865. The maximum atomic E-state index is 6.63. The highest BCUT2D eigenvalue weighted by Gasteiger charge is 2.17. The van der Waals surface area contributed by atoms with Gasteiger partial charge in [-0.25, -0.2) is 0 Å². The van der Waals surface area contributed by atoms with Crippen molar-refractivity contribution >= 4 is 60.5 Å². The highest BCUT2D eigenvalue weighted by molar-refractivity contribution is 6.19. The molecule has 0 atom stereocenters. The van der Waals surface area contributed by atoms with E-state index >= 15 is 0 Å². The first kappa shape index (κ1) is 30.0. The fraction of sp³-hybridized carbons (Fsp3) is 0. The molecule has 9 aromatic carbocycles. The molecule has 0 aliphatic heterocycles. The number of hydrogen-bond acceptors (Lipinski definition) is 2. The summed E-state index contributed by atoms with van der Waals surface area (Å²) in [5, 5.41) is 7.15. The van der Waals surface area contributed by atoms with E-state index in [0.717, 1.165) is 39.0 Å². The van der Waals surface area contributed by atoms with Gasteiger partial charge in [0.2, 0.25) is 0 Å². The lowest BCUT2D eigenvalue weighted by molar-refractivity contribution is 0.669. The van der Waals surface area contributed by atoms with Crippen molar-refractivity contribution in [2.45, 2.75) is 0 Å². The lowest BCUT2D eigenvalue weighted by Crippen LogP contribution is -2.09. The van der Waals surface area contributed by atoms with Gasteiger partial charge in [0, 0.05) is 33.9 Å². The summed E-state index contributed by atoms with van der Waals surface area (Å²) >= 11 is 0. The quantitative estimate of drug-likeness (QED) is 0.176. The van der Waals surface area contributed by atoms with Gasteiger partial charge in [0.25, 0.3) is 0 Å². The molecule has 0 aliphatic rings. The first-order valence-electron chi connectivity index (χ1n) is 17.7. The summed E-state index contributed by atoms with van der Waals surface area (Å²) in [5.74, 6) is 0. The average molecular weight is 664 g/mol. The SMILES string of the molecule is c1ccc(-c2ccc(N(c3ccc(-c4ccc5ccccc5c4)cc3)c3ccc4c(c3)oc3ccc5ccc(-c6ccccc6)cc5c34)cc2)cc1. The molecule has 0 aliphatic carbocycles. The number of furan rings is 1. The van der Waals surface area contributed by atoms with Crippen LogP contribution in [0.4, 0.5) is 17.1 Å². The molecule has 0 saturated heterocycles. The summed E-state index contributed by atoms with van der Waals surface area (Å²) in [6.45, 7) is 0. The molecule has 0 spiro atoms. The summed E-state index contributed by atoms with van der Waals surface area (Å²) in [6.07, 6.45) is 0. The van der Waals surface area contributed by atoms with Crippen LogP contribution in [0.2, 0.25) is 0 Å². The molecule has 0 fully saturated rings. The van der Waals surface area contributed by atoms with Crippen molar-refractivity contribution in [2.24, 2.45) is 0 Å². The summed E-state index contributed by atoms with van der Waals surface area (Å²) in [5.41, 5.74) is 12.1. The van der Waals surface area contributed by atoms with Crippen molar-refractivity contribution in [3.8, 4) is 33.4 Å². The molecule has 2 nitrogen and oxygen atoms in total. The van der Waals surface area contributed by atoms with Crippen molar-refractivity contribution in [3.05, 3.63) is 200 Å². The van der Waals surface area contributed by atoms with Crippen molar-refractivity contribution in [3.63, 3.8) is 0 Å². The van der Waals surface area contributed by atoms with E-state index in [4.69, 9.17) is 4.42 Å². The van der Waals surface area contributed by atoms with Gasteiger partial charge in [-0.05, 0) is 110 Å². The molecule has 10 rings (SSSR count). The number of hydrogen-bond donors (Lipinski definition) is 0. The normalized spacial score (nSPS) is 11.5. The zero-order valence-electron chi connectivity index (χ0n) is 28.4. The molecule has 244 valence electrons. The molecule has 1 heterocycles. The maximum Gasteiger partial charge on any atom is 0.137 e. The molecule has 52 heavy (non-hydrogen) atoms. The summed E-state index contributed by atoms with van der Waals surface area (Å²) in [4.78, 5) is 2.32. The molecule has 0 bridgehead atoms. The third kappa shape index (κ3) is 5.30. The molecule has 0 saturated carbocycles. The number of anilines is 3. The first-order valence-corrected chi connectivity index (χ1v) is 17.7. The van der Waals surface area contributed by atoms with Gasteiger partial charge in [-0.3, -0.25) is 0 Å². The van der Waals surface area contributed by atoms with Crippen LogP contribution in [0.25, 0.3) is 76.9 Å². The number of nitrogens with zero attached hydrogens (tertiary/aromatic N) is 1. The molecular formula is C50H33NO. The number of rotatable bonds is 6. The Bertz CT molecular complexity index is 2870. The number of benzene rings is 9. The molecule has 2 heteroatoms. The monoisotopic (exact) mass is 663 g/mol. The van der Waals surface area contributed by atoms with Crippen LogP contribution in [0.15, 0.2) is 205 Å². The summed E-state index contributed by atoms with van der Waals surface area (Å²) < 4.78 is 6.63. The third-order valence-electron chi connectivity index (χ3n) is 10.2. The van der Waals surface area contributed by atoms with Crippen LogP contribution in [0.1, 0.15) is 0 Å². The zero-order valence-corrected chi connectivity index (χ0v) is 28.4. The average Bonchev–Trinajstić information content (AvgIpc) is 3.60. The van der Waals surface area contributed by atoms with E-state index in [9.17, 15) is 0 Å². The lowest BCUT2D eigenvalue weighted by atomic mass is 9.98. The minimum Gasteiger partial charge on any atom is -0.456 e. The largest absolute Gasteiger partial charge is 0.456 e. The van der Waals surface area contributed by atoms with E-state index < -0.39 is 0 Å². The van der Waals surface area contributed by atoms with Crippen LogP contribution in [0.3, 0.4) is 0 Å². The van der Waals surface area contributed by atoms with E-state index in [-0.39, 0.29) is 0 Å². The third-order valence-corrected chi connectivity index (χ3v) is 10.2. The van der Waals surface area contributed by atoms with Crippen molar-refractivity contribution in [1.29, 1.82) is 0 Å². The van der Waals surface area contributed by atoms with Gasteiger partial charge in [-0.2, -0.15) is 0 Å². The van der Waals surface area contributed by atoms with Crippen LogP contribution in [0, 0.1) is 0 Å². The Morgan fingerprint density at radius 3 is 1.48 bits per heavy atom. The smallest absolute Gasteiger partial charge is 0.137 e. The van der Waals surface area contributed by atoms with Gasteiger partial charge in [0.15, 0.2) is 0 Å². The van der Waals surface area contributed by atoms with Crippen LogP contribution in [-0.2, 0) is 0 Å². The lowest BCUT2D eigenvalue weighted by Gasteiger charge is -2.26. The van der Waals surface area contributed by atoms with Crippen LogP contribution in [0.5, 0.6) is 0 Å². The van der Waals surface area contributed by atoms with E-state index in [1.807, 2.05) is 0 Å². The highest BCUT2D eigenvalue weighted by Crippen LogP contribution is 2.42. The standard InChI is InChI=1S/C50H33NO/c1-3-9-34(10-4-1)37-19-24-43(25-20-37)51(44-26-21-38(22-27-44)41-17-15-36-13-7-8-14-40(36)31-41)45-28-29-46-49(33-45)52-48-30-23-39-16-18-42(32-47(39)50(46)48)35-11-5-2-6-12-35/h1-33H. The Labute approximate surface area is 302 Å². The molecule has 10 aromatic rings. The fourth-order valence-electron chi connectivity index (χ4n) is 7.58. The summed E-state index contributed by atoms with van der Waals surface area (Å²) in [7, 11) is 0. The molecule has 0 N–H and O–H groups in total. The Morgan fingerprint density at radius 2 is 0.788 bits per heavy atom. The zero-order chi connectivity index (χ0) is 34.4. The van der Waals surface area contributed by atoms with Crippen LogP contribution < -0.4 is 4.90 Å². The van der Waals surface area contributed by atoms with Gasteiger partial charge in [-0.15, -0.1) is 0 Å². The van der Waals surface area contributed by atoms with E-state index in [1.54, 1.807) is 0 Å². The Hall–Kier alpha value is -6.90. The Kier molecular flexibility index (Phi) is 7.18. The van der Waals surface area contributed by atoms with Crippen molar-refractivity contribution in [2.75, 3.05) is 4.90 Å². The molecule has 0 unspecified atom stereocenters. The highest BCUT2D eigenvalue weighted by atomic mass is 16.3. The maximum absolute atomic E-state index is 6.63. The second kappa shape index (κ2) is 12.5. The predicted octanol–water partition coefficient (Wildman–Crippen LogP) is 14.4. The van der Waals surface area contributed by atoms with Crippen molar-refractivity contribution < 1.29 is 4.42 Å². The topological polar surface area (TPSA) is 16.4 Å². The van der Waals surface area contributed by atoms with Gasteiger partial charge >= 0.3 is 0 Å². The first-order chi connectivity index (χ1) is 25.7. The summed E-state index contributed by atoms with van der Waals surface area (Å²) in [6, 6.07) is 71.6. The Morgan fingerprint density at radius 1 is 0.288 bits per heavy atom. The molecule has 1 aromatic heterocycles. The van der Waals surface area contributed by atoms with Crippen molar-refractivity contribution in [1.82, 2.24) is 0 Å². The molecular weight excluding hydrogens is 631 g/mol. The van der Waals surface area contributed by atoms with E-state index in [1.165, 1.54) is 54.9 Å². The molecule has 0 amide bonds. The van der Waals surface area contributed by atoms with E-state index in [2.05, 4.69) is 205 Å². The van der Waals surface area contributed by atoms with E-state index in [0.29, 0.717) is 0 Å². The second-order valence-corrected chi connectivity index (χ2v) is 13.4. The second-order valence-electron chi connectivity index (χ2n) is 13.4.